The van der Waals surface area contributed by atoms with Crippen molar-refractivity contribution in [2.75, 3.05) is 33.3 Å². The van der Waals surface area contributed by atoms with Crippen LogP contribution < -0.4 is 5.32 Å². The highest BCUT2D eigenvalue weighted by Crippen LogP contribution is 2.26. The fourth-order valence-electron chi connectivity index (χ4n) is 4.31. The zero-order chi connectivity index (χ0) is 19.5. The van der Waals surface area contributed by atoms with Crippen LogP contribution in [0.4, 0.5) is 0 Å². The Labute approximate surface area is 165 Å². The number of nitrogens with one attached hydrogen (secondary N) is 1. The number of esters is 1. The van der Waals surface area contributed by atoms with Gasteiger partial charge >= 0.3 is 5.97 Å². The molecular weight excluding hydrogens is 360 g/mol. The molecule has 1 N–H and O–H groups in total. The fourth-order valence-corrected chi connectivity index (χ4v) is 4.31. The Hall–Kier alpha value is -1.93. The maximum atomic E-state index is 12.4. The monoisotopic (exact) mass is 390 g/mol. The zero-order valence-corrected chi connectivity index (χ0v) is 16.6. The summed E-state index contributed by atoms with van der Waals surface area (Å²) in [6.07, 6.45) is 7.94. The number of hydrogen-bond acceptors (Lipinski definition) is 7. The van der Waals surface area contributed by atoms with Crippen molar-refractivity contribution < 1.29 is 18.7 Å². The molecule has 0 spiro atoms. The minimum Gasteiger partial charge on any atom is -0.464 e. The summed E-state index contributed by atoms with van der Waals surface area (Å²) in [7, 11) is 1.34. The van der Waals surface area contributed by atoms with Crippen LogP contribution in [0.5, 0.6) is 0 Å². The van der Waals surface area contributed by atoms with Gasteiger partial charge in [-0.15, -0.1) is 0 Å². The summed E-state index contributed by atoms with van der Waals surface area (Å²) in [5, 5.41) is 3.17. The number of carbonyl (C=O) groups excluding carboxylic acids is 2. The van der Waals surface area contributed by atoms with E-state index in [1.165, 1.54) is 13.4 Å². The van der Waals surface area contributed by atoms with E-state index < -0.39 is 5.97 Å². The highest BCUT2D eigenvalue weighted by atomic mass is 16.5. The Kier molecular flexibility index (Phi) is 5.96. The van der Waals surface area contributed by atoms with E-state index in [0.29, 0.717) is 24.5 Å². The molecule has 0 bridgehead atoms. The Morgan fingerprint density at radius 2 is 2.00 bits per heavy atom. The molecule has 1 atom stereocenters. The number of hydrogen-bond donors (Lipinski definition) is 1. The zero-order valence-electron chi connectivity index (χ0n) is 16.6. The van der Waals surface area contributed by atoms with Crippen LogP contribution in [0.1, 0.15) is 54.9 Å². The van der Waals surface area contributed by atoms with Gasteiger partial charge in [0, 0.05) is 31.7 Å². The second-order valence-electron chi connectivity index (χ2n) is 8.24. The molecule has 4 rings (SSSR count). The topological polar surface area (TPSA) is 87.9 Å². The van der Waals surface area contributed by atoms with Gasteiger partial charge in [-0.2, -0.15) is 0 Å². The van der Waals surface area contributed by atoms with Crippen LogP contribution in [0.25, 0.3) is 0 Å². The Morgan fingerprint density at radius 3 is 2.71 bits per heavy atom. The first-order valence-electron chi connectivity index (χ1n) is 10.4. The molecule has 3 aliphatic rings. The van der Waals surface area contributed by atoms with Crippen LogP contribution >= 0.6 is 0 Å². The van der Waals surface area contributed by atoms with Gasteiger partial charge in [-0.1, -0.05) is 0 Å². The predicted molar refractivity (Wildman–Crippen MR) is 102 cm³/mol. The molecule has 1 aliphatic carbocycles. The molecule has 0 aromatic carbocycles. The number of aromatic nitrogens is 1. The normalized spacial score (nSPS) is 24.8. The number of carbonyl (C=O) groups is 2. The largest absolute Gasteiger partial charge is 0.464 e. The van der Waals surface area contributed by atoms with Crippen LogP contribution in [0.3, 0.4) is 0 Å². The number of ether oxygens (including phenoxy) is 1. The van der Waals surface area contributed by atoms with Crippen LogP contribution in [-0.4, -0.2) is 72.0 Å². The van der Waals surface area contributed by atoms with Gasteiger partial charge in [0.1, 0.15) is 6.26 Å². The molecule has 3 fully saturated rings. The lowest BCUT2D eigenvalue weighted by Gasteiger charge is -2.41. The maximum absolute atomic E-state index is 12.4. The molecule has 3 heterocycles. The first-order valence-corrected chi connectivity index (χ1v) is 10.4. The van der Waals surface area contributed by atoms with Crippen LogP contribution in [-0.2, 0) is 16.1 Å². The molecule has 1 amide bonds. The summed E-state index contributed by atoms with van der Waals surface area (Å²) in [6.45, 7) is 4.54. The molecule has 1 saturated carbocycles. The molecule has 0 radical (unpaired) electrons. The van der Waals surface area contributed by atoms with Crippen LogP contribution in [0.15, 0.2) is 10.7 Å². The van der Waals surface area contributed by atoms with Gasteiger partial charge in [-0.05, 0) is 45.1 Å². The number of likely N-dealkylation sites (tertiary alicyclic amines) is 2. The van der Waals surface area contributed by atoms with E-state index >= 15 is 0 Å². The van der Waals surface area contributed by atoms with Crippen molar-refractivity contribution in [3.63, 3.8) is 0 Å². The molecular formula is C20H30N4O4. The second-order valence-corrected chi connectivity index (χ2v) is 8.24. The third kappa shape index (κ3) is 4.72. The molecule has 8 nitrogen and oxygen atoms in total. The highest BCUT2D eigenvalue weighted by Gasteiger charge is 2.34. The summed E-state index contributed by atoms with van der Waals surface area (Å²) < 4.78 is 10.1. The number of methoxy groups -OCH3 is 1. The molecule has 2 saturated heterocycles. The van der Waals surface area contributed by atoms with E-state index in [2.05, 4.69) is 24.8 Å². The van der Waals surface area contributed by atoms with Gasteiger partial charge in [-0.25, -0.2) is 9.78 Å². The predicted octanol–water partition coefficient (Wildman–Crippen LogP) is 1.42. The lowest BCUT2D eigenvalue weighted by molar-refractivity contribution is -0.127. The number of oxazole rings is 1. The third-order valence-electron chi connectivity index (χ3n) is 6.13. The molecule has 1 aromatic rings. The first kappa shape index (κ1) is 19.4. The van der Waals surface area contributed by atoms with Gasteiger partial charge < -0.3 is 14.5 Å². The molecule has 8 heteroatoms. The number of rotatable bonds is 6. The number of piperidine rings is 2. The van der Waals surface area contributed by atoms with Gasteiger partial charge in [0.2, 0.25) is 11.8 Å². The Balaban J connectivity index is 1.23. The fraction of sp³-hybridized carbons (Fsp3) is 0.750. The van der Waals surface area contributed by atoms with E-state index in [0.717, 1.165) is 64.7 Å². The van der Waals surface area contributed by atoms with Crippen molar-refractivity contribution in [2.24, 2.45) is 5.92 Å². The lowest BCUT2D eigenvalue weighted by Crippen LogP contribution is -2.50. The molecule has 2 aliphatic heterocycles. The van der Waals surface area contributed by atoms with E-state index in [1.54, 1.807) is 0 Å². The standard InChI is InChI=1S/C20H30N4O4/c1-27-20(26)17-13-28-18(22-17)12-23-9-6-16(7-10-23)24-8-2-3-14(11-24)19(25)21-15-4-5-15/h13-16H,2-12H2,1H3,(H,21,25)/t14-/m1/s1. The smallest absolute Gasteiger partial charge is 0.360 e. The van der Waals surface area contributed by atoms with Crippen LogP contribution in [0, 0.1) is 5.92 Å². The SMILES string of the molecule is COC(=O)c1coc(CN2CCC(N3CCC[C@@H](C(=O)NC4CC4)C3)CC2)n1. The van der Waals surface area contributed by atoms with Crippen molar-refractivity contribution >= 4 is 11.9 Å². The summed E-state index contributed by atoms with van der Waals surface area (Å²) >= 11 is 0. The second kappa shape index (κ2) is 8.61. The van der Waals surface area contributed by atoms with Crippen molar-refractivity contribution in [3.05, 3.63) is 17.8 Å². The van der Waals surface area contributed by atoms with E-state index in [4.69, 9.17) is 4.42 Å². The summed E-state index contributed by atoms with van der Waals surface area (Å²) in [4.78, 5) is 32.9. The quantitative estimate of drug-likeness (QED) is 0.735. The highest BCUT2D eigenvalue weighted by molar-refractivity contribution is 5.86. The molecule has 154 valence electrons. The van der Waals surface area contributed by atoms with Gasteiger partial charge in [0.25, 0.3) is 0 Å². The summed E-state index contributed by atoms with van der Waals surface area (Å²) in [6, 6.07) is 0.990. The van der Waals surface area contributed by atoms with Crippen LogP contribution in [0.2, 0.25) is 0 Å². The third-order valence-corrected chi connectivity index (χ3v) is 6.13. The van der Waals surface area contributed by atoms with E-state index in [-0.39, 0.29) is 17.5 Å². The first-order chi connectivity index (χ1) is 13.6. The maximum Gasteiger partial charge on any atom is 0.360 e. The van der Waals surface area contributed by atoms with E-state index in [9.17, 15) is 9.59 Å². The average molecular weight is 390 g/mol. The number of amides is 1. The number of nitrogens with zero attached hydrogens (tertiary/aromatic N) is 3. The van der Waals surface area contributed by atoms with Gasteiger partial charge in [0.05, 0.1) is 19.6 Å². The average Bonchev–Trinajstić information content (AvgIpc) is 3.42. The molecule has 28 heavy (non-hydrogen) atoms. The lowest BCUT2D eigenvalue weighted by atomic mass is 9.93. The minimum absolute atomic E-state index is 0.149. The van der Waals surface area contributed by atoms with E-state index in [1.807, 2.05) is 0 Å². The van der Waals surface area contributed by atoms with Crippen molar-refractivity contribution in [1.29, 1.82) is 0 Å². The summed E-state index contributed by atoms with van der Waals surface area (Å²) in [5.74, 6) is 0.485. The van der Waals surface area contributed by atoms with Gasteiger partial charge in [0.15, 0.2) is 5.69 Å². The minimum atomic E-state index is -0.473. The van der Waals surface area contributed by atoms with Crippen molar-refractivity contribution in [1.82, 2.24) is 20.1 Å². The Morgan fingerprint density at radius 1 is 1.21 bits per heavy atom. The molecule has 1 aromatic heterocycles. The van der Waals surface area contributed by atoms with Gasteiger partial charge in [-0.3, -0.25) is 14.6 Å². The van der Waals surface area contributed by atoms with Crippen molar-refractivity contribution in [3.8, 4) is 0 Å². The van der Waals surface area contributed by atoms with Crippen molar-refractivity contribution in [2.45, 2.75) is 57.2 Å². The Bertz CT molecular complexity index is 694. The summed E-state index contributed by atoms with van der Waals surface area (Å²) in [5.41, 5.74) is 0.219. The molecule has 0 unspecified atom stereocenters.